The molecule has 0 radical (unpaired) electrons. The highest BCUT2D eigenvalue weighted by Crippen LogP contribution is 2.28. The second kappa shape index (κ2) is 10.9. The van der Waals surface area contributed by atoms with Crippen molar-refractivity contribution in [1.82, 2.24) is 15.2 Å². The first-order chi connectivity index (χ1) is 15.5. The van der Waals surface area contributed by atoms with Crippen molar-refractivity contribution < 1.29 is 27.4 Å². The highest BCUT2D eigenvalue weighted by atomic mass is 19.4. The highest BCUT2D eigenvalue weighted by molar-refractivity contribution is 5.68. The van der Waals surface area contributed by atoms with E-state index in [1.165, 1.54) is 6.07 Å². The second-order valence-corrected chi connectivity index (χ2v) is 10.2. The topological polar surface area (TPSA) is 63.7 Å². The van der Waals surface area contributed by atoms with Crippen LogP contribution >= 0.6 is 0 Å². The molecule has 33 heavy (non-hydrogen) atoms. The van der Waals surface area contributed by atoms with Gasteiger partial charge in [-0.15, -0.1) is 0 Å². The van der Waals surface area contributed by atoms with Gasteiger partial charge in [-0.1, -0.05) is 6.07 Å². The maximum atomic E-state index is 12.4. The summed E-state index contributed by atoms with van der Waals surface area (Å²) in [6.07, 6.45) is 2.10. The molecule has 186 valence electrons. The third kappa shape index (κ3) is 9.02. The van der Waals surface area contributed by atoms with E-state index in [0.29, 0.717) is 12.3 Å². The average Bonchev–Trinajstić information content (AvgIpc) is 2.92. The Kier molecular flexibility index (Phi) is 8.48. The number of nitrogens with zero attached hydrogens (tertiary/aromatic N) is 2. The summed E-state index contributed by atoms with van der Waals surface area (Å²) >= 11 is 0. The fourth-order valence-electron chi connectivity index (χ4n) is 4.50. The van der Waals surface area contributed by atoms with Crippen LogP contribution in [0, 0.1) is 5.92 Å². The van der Waals surface area contributed by atoms with E-state index < -0.39 is 18.4 Å². The number of hydrogen-bond donors (Lipinski definition) is 1. The van der Waals surface area contributed by atoms with E-state index in [0.717, 1.165) is 69.4 Å². The lowest BCUT2D eigenvalue weighted by Gasteiger charge is -2.31. The number of fused-ring (bicyclic) bond motifs is 1. The molecule has 1 fully saturated rings. The SMILES string of the molecule is CC(C)(C)OC(=O)N[C@H]1CC[C@H](CCN2CCc3ccc(OCC(F)(F)F)nc3CC2)CC1. The molecule has 6 nitrogen and oxygen atoms in total. The van der Waals surface area contributed by atoms with Gasteiger partial charge < -0.3 is 19.7 Å². The summed E-state index contributed by atoms with van der Waals surface area (Å²) in [7, 11) is 0. The Morgan fingerprint density at radius 1 is 1.12 bits per heavy atom. The van der Waals surface area contributed by atoms with Crippen molar-refractivity contribution in [1.29, 1.82) is 0 Å². The molecule has 1 amide bonds. The molecule has 3 rings (SSSR count). The molecule has 1 aliphatic heterocycles. The summed E-state index contributed by atoms with van der Waals surface area (Å²) in [4.78, 5) is 18.7. The molecule has 9 heteroatoms. The first-order valence-corrected chi connectivity index (χ1v) is 11.9. The monoisotopic (exact) mass is 471 g/mol. The molecule has 1 aromatic rings. The van der Waals surface area contributed by atoms with E-state index >= 15 is 0 Å². The van der Waals surface area contributed by atoms with Gasteiger partial charge in [-0.3, -0.25) is 0 Å². The summed E-state index contributed by atoms with van der Waals surface area (Å²) in [6.45, 7) is 7.04. The molecule has 0 saturated heterocycles. The van der Waals surface area contributed by atoms with Gasteiger partial charge in [0.25, 0.3) is 0 Å². The van der Waals surface area contributed by atoms with Crippen LogP contribution in [0.1, 0.15) is 64.1 Å². The number of halogens is 3. The predicted octanol–water partition coefficient (Wildman–Crippen LogP) is 4.90. The number of rotatable bonds is 6. The minimum Gasteiger partial charge on any atom is -0.468 e. The summed E-state index contributed by atoms with van der Waals surface area (Å²) in [5, 5.41) is 2.99. The van der Waals surface area contributed by atoms with Crippen LogP contribution in [0.2, 0.25) is 0 Å². The Balaban J connectivity index is 1.38. The molecule has 0 unspecified atom stereocenters. The smallest absolute Gasteiger partial charge is 0.422 e. The van der Waals surface area contributed by atoms with Crippen molar-refractivity contribution in [2.45, 2.75) is 83.5 Å². The zero-order valence-corrected chi connectivity index (χ0v) is 19.8. The summed E-state index contributed by atoms with van der Waals surface area (Å²) < 4.78 is 47.3. The standard InChI is InChI=1S/C24H36F3N3O3/c1-23(2,3)33-22(31)28-19-7-4-17(5-8-19)10-13-30-14-11-18-6-9-21(29-20(18)12-15-30)32-16-24(25,26)27/h6,9,17,19H,4-5,7-8,10-16H2,1-3H3,(H,28,31)/t17-,19-. The van der Waals surface area contributed by atoms with Crippen LogP contribution in [0.25, 0.3) is 0 Å². The lowest BCUT2D eigenvalue weighted by atomic mass is 9.84. The number of ether oxygens (including phenoxy) is 2. The van der Waals surface area contributed by atoms with Crippen molar-refractivity contribution in [3.63, 3.8) is 0 Å². The Morgan fingerprint density at radius 3 is 2.48 bits per heavy atom. The van der Waals surface area contributed by atoms with Gasteiger partial charge in [0, 0.05) is 37.3 Å². The molecule has 1 aromatic heterocycles. The van der Waals surface area contributed by atoms with E-state index in [4.69, 9.17) is 9.47 Å². The Hall–Kier alpha value is -2.03. The van der Waals surface area contributed by atoms with Crippen molar-refractivity contribution in [3.8, 4) is 5.88 Å². The van der Waals surface area contributed by atoms with Crippen molar-refractivity contribution in [2.75, 3.05) is 26.2 Å². The molecule has 0 atom stereocenters. The number of alkyl halides is 3. The van der Waals surface area contributed by atoms with Crippen LogP contribution in [0.3, 0.4) is 0 Å². The Labute approximate surface area is 194 Å². The maximum absolute atomic E-state index is 12.4. The van der Waals surface area contributed by atoms with Gasteiger partial charge in [0.15, 0.2) is 6.61 Å². The summed E-state index contributed by atoms with van der Waals surface area (Å²) in [5.74, 6) is 0.684. The van der Waals surface area contributed by atoms with Crippen LogP contribution in [0.5, 0.6) is 5.88 Å². The van der Waals surface area contributed by atoms with Gasteiger partial charge in [0.1, 0.15) is 5.60 Å². The van der Waals surface area contributed by atoms with Crippen LogP contribution < -0.4 is 10.1 Å². The number of amides is 1. The van der Waals surface area contributed by atoms with Crippen molar-refractivity contribution >= 4 is 6.09 Å². The minimum absolute atomic E-state index is 0.0382. The average molecular weight is 472 g/mol. The van der Waals surface area contributed by atoms with Gasteiger partial charge in [-0.25, -0.2) is 9.78 Å². The van der Waals surface area contributed by atoms with Gasteiger partial charge in [-0.05, 0) is 77.3 Å². The van der Waals surface area contributed by atoms with Crippen molar-refractivity contribution in [2.24, 2.45) is 5.92 Å². The van der Waals surface area contributed by atoms with Crippen LogP contribution in [-0.4, -0.2) is 60.0 Å². The van der Waals surface area contributed by atoms with E-state index in [1.54, 1.807) is 0 Å². The first-order valence-electron chi connectivity index (χ1n) is 11.9. The molecule has 1 N–H and O–H groups in total. The van der Waals surface area contributed by atoms with Gasteiger partial charge in [0.05, 0.1) is 0 Å². The quantitative estimate of drug-likeness (QED) is 0.640. The van der Waals surface area contributed by atoms with E-state index in [-0.39, 0.29) is 18.0 Å². The Bertz CT molecular complexity index is 787. The zero-order chi connectivity index (χ0) is 24.1. The third-order valence-corrected chi connectivity index (χ3v) is 6.21. The molecular weight excluding hydrogens is 435 g/mol. The maximum Gasteiger partial charge on any atom is 0.422 e. The predicted molar refractivity (Wildman–Crippen MR) is 119 cm³/mol. The number of hydrogen-bond acceptors (Lipinski definition) is 5. The zero-order valence-electron chi connectivity index (χ0n) is 19.8. The lowest BCUT2D eigenvalue weighted by molar-refractivity contribution is -0.154. The normalized spacial score (nSPS) is 22.2. The molecule has 0 aromatic carbocycles. The van der Waals surface area contributed by atoms with Crippen LogP contribution in [-0.2, 0) is 17.6 Å². The molecule has 0 spiro atoms. The number of carbonyl (C=O) groups excluding carboxylic acids is 1. The van der Waals surface area contributed by atoms with Crippen LogP contribution in [0.15, 0.2) is 12.1 Å². The van der Waals surface area contributed by atoms with E-state index in [2.05, 4.69) is 15.2 Å². The molecule has 1 aliphatic carbocycles. The van der Waals surface area contributed by atoms with Gasteiger partial charge in [0.2, 0.25) is 5.88 Å². The number of alkyl carbamates (subject to hydrolysis) is 1. The third-order valence-electron chi connectivity index (χ3n) is 6.21. The fraction of sp³-hybridized carbons (Fsp3) is 0.750. The number of pyridine rings is 1. The highest BCUT2D eigenvalue weighted by Gasteiger charge is 2.29. The molecular formula is C24H36F3N3O3. The van der Waals surface area contributed by atoms with E-state index in [1.807, 2.05) is 26.8 Å². The minimum atomic E-state index is -4.36. The second-order valence-electron chi connectivity index (χ2n) is 10.2. The number of carbonyl (C=O) groups is 1. The van der Waals surface area contributed by atoms with Crippen molar-refractivity contribution in [3.05, 3.63) is 23.4 Å². The molecule has 2 aliphatic rings. The van der Waals surface area contributed by atoms with Gasteiger partial charge in [-0.2, -0.15) is 13.2 Å². The van der Waals surface area contributed by atoms with Crippen LogP contribution in [0.4, 0.5) is 18.0 Å². The lowest BCUT2D eigenvalue weighted by Crippen LogP contribution is -2.41. The molecule has 2 heterocycles. The number of nitrogens with one attached hydrogen (secondary N) is 1. The van der Waals surface area contributed by atoms with Gasteiger partial charge >= 0.3 is 12.3 Å². The first kappa shape index (κ1) is 25.6. The largest absolute Gasteiger partial charge is 0.468 e. The molecule has 1 saturated carbocycles. The summed E-state index contributed by atoms with van der Waals surface area (Å²) in [6, 6.07) is 3.56. The Morgan fingerprint density at radius 2 is 1.82 bits per heavy atom. The fourth-order valence-corrected chi connectivity index (χ4v) is 4.50. The summed E-state index contributed by atoms with van der Waals surface area (Å²) in [5.41, 5.74) is 1.44. The van der Waals surface area contributed by atoms with E-state index in [9.17, 15) is 18.0 Å². The molecule has 0 bridgehead atoms. The number of aromatic nitrogens is 1.